The van der Waals surface area contributed by atoms with Gasteiger partial charge in [0, 0.05) is 38.1 Å². The molecule has 0 atom stereocenters. The molecule has 0 aliphatic rings. The van der Waals surface area contributed by atoms with E-state index in [4.69, 9.17) is 16.3 Å². The standard InChI is InChI=1S/C21H15ClN2O3S/c1-12-19(15-7-2-3-8-16(15)23-12)18(25)10-27-21(26)17-11-28-20(24-17)13-5-4-6-14(22)9-13/h2-9,11,23H,10H2,1H3. The monoisotopic (exact) mass is 410 g/mol. The molecule has 0 radical (unpaired) electrons. The van der Waals surface area contributed by atoms with E-state index < -0.39 is 5.97 Å². The minimum absolute atomic E-state index is 0.170. The van der Waals surface area contributed by atoms with Crippen molar-refractivity contribution in [1.29, 1.82) is 0 Å². The molecule has 0 amide bonds. The summed E-state index contributed by atoms with van der Waals surface area (Å²) in [4.78, 5) is 32.4. The number of nitrogens with one attached hydrogen (secondary N) is 1. The number of carbonyl (C=O) groups excluding carboxylic acids is 2. The van der Waals surface area contributed by atoms with Gasteiger partial charge in [0.05, 0.1) is 0 Å². The number of rotatable bonds is 5. The molecule has 0 aliphatic heterocycles. The minimum Gasteiger partial charge on any atom is -0.453 e. The summed E-state index contributed by atoms with van der Waals surface area (Å²) in [7, 11) is 0. The van der Waals surface area contributed by atoms with Gasteiger partial charge in [0.15, 0.2) is 12.3 Å². The number of fused-ring (bicyclic) bond motifs is 1. The molecule has 0 spiro atoms. The number of Topliss-reactive ketones (excluding diaryl/α,β-unsaturated/α-hetero) is 1. The Kier molecular flexibility index (Phi) is 4.98. The molecular formula is C21H15ClN2O3S. The van der Waals surface area contributed by atoms with E-state index in [9.17, 15) is 9.59 Å². The van der Waals surface area contributed by atoms with E-state index >= 15 is 0 Å². The van der Waals surface area contributed by atoms with E-state index in [0.717, 1.165) is 22.2 Å². The highest BCUT2D eigenvalue weighted by atomic mass is 35.5. The molecule has 4 aromatic rings. The number of nitrogens with zero attached hydrogens (tertiary/aromatic N) is 1. The lowest BCUT2D eigenvalue weighted by molar-refractivity contribution is 0.0470. The van der Waals surface area contributed by atoms with Crippen LogP contribution >= 0.6 is 22.9 Å². The topological polar surface area (TPSA) is 72.1 Å². The molecule has 2 aromatic carbocycles. The number of aromatic amines is 1. The van der Waals surface area contributed by atoms with Crippen LogP contribution in [0.4, 0.5) is 0 Å². The number of aryl methyl sites for hydroxylation is 1. The molecule has 2 aromatic heterocycles. The van der Waals surface area contributed by atoms with Gasteiger partial charge in [0.1, 0.15) is 5.01 Å². The average Bonchev–Trinajstić information content (AvgIpc) is 3.30. The highest BCUT2D eigenvalue weighted by Crippen LogP contribution is 2.26. The summed E-state index contributed by atoms with van der Waals surface area (Å²) in [6, 6.07) is 14.8. The van der Waals surface area contributed by atoms with E-state index in [1.165, 1.54) is 11.3 Å². The number of H-pyrrole nitrogens is 1. The lowest BCUT2D eigenvalue weighted by Gasteiger charge is -2.03. The fourth-order valence-corrected chi connectivity index (χ4v) is 4.01. The zero-order chi connectivity index (χ0) is 19.7. The fourth-order valence-electron chi connectivity index (χ4n) is 3.03. The van der Waals surface area contributed by atoms with Crippen LogP contribution in [0.1, 0.15) is 26.5 Å². The summed E-state index contributed by atoms with van der Waals surface area (Å²) in [5.74, 6) is -0.885. The van der Waals surface area contributed by atoms with Crippen LogP contribution in [0, 0.1) is 6.92 Å². The maximum atomic E-state index is 12.6. The van der Waals surface area contributed by atoms with Crippen LogP contribution < -0.4 is 0 Å². The van der Waals surface area contributed by atoms with Crippen molar-refractivity contribution in [3.8, 4) is 10.6 Å². The van der Waals surface area contributed by atoms with Crippen LogP contribution in [0.15, 0.2) is 53.9 Å². The first-order valence-electron chi connectivity index (χ1n) is 8.52. The van der Waals surface area contributed by atoms with Gasteiger partial charge in [-0.3, -0.25) is 4.79 Å². The fraction of sp³-hybridized carbons (Fsp3) is 0.0952. The molecular weight excluding hydrogens is 396 g/mol. The Labute approximate surface area is 169 Å². The number of para-hydroxylation sites is 1. The smallest absolute Gasteiger partial charge is 0.358 e. The lowest BCUT2D eigenvalue weighted by atomic mass is 10.1. The first kappa shape index (κ1) is 18.4. The first-order chi connectivity index (χ1) is 13.5. The van der Waals surface area contributed by atoms with Crippen molar-refractivity contribution in [3.05, 3.63) is 75.9 Å². The third kappa shape index (κ3) is 3.56. The van der Waals surface area contributed by atoms with Crippen LogP contribution in [0.25, 0.3) is 21.5 Å². The van der Waals surface area contributed by atoms with Crippen LogP contribution in [-0.4, -0.2) is 28.3 Å². The second-order valence-corrected chi connectivity index (χ2v) is 7.51. The normalized spacial score (nSPS) is 10.9. The Morgan fingerprint density at radius 3 is 2.82 bits per heavy atom. The van der Waals surface area contributed by atoms with E-state index in [0.29, 0.717) is 15.6 Å². The van der Waals surface area contributed by atoms with Crippen molar-refractivity contribution in [1.82, 2.24) is 9.97 Å². The van der Waals surface area contributed by atoms with Crippen LogP contribution in [0.3, 0.4) is 0 Å². The Bertz CT molecular complexity index is 1200. The van der Waals surface area contributed by atoms with E-state index in [2.05, 4.69) is 9.97 Å². The number of thiazole rings is 1. The van der Waals surface area contributed by atoms with Crippen molar-refractivity contribution in [2.24, 2.45) is 0 Å². The summed E-state index contributed by atoms with van der Waals surface area (Å²) < 4.78 is 5.21. The molecule has 4 rings (SSSR count). The summed E-state index contributed by atoms with van der Waals surface area (Å²) >= 11 is 7.31. The second kappa shape index (κ2) is 7.58. The van der Waals surface area contributed by atoms with Crippen molar-refractivity contribution in [3.63, 3.8) is 0 Å². The Morgan fingerprint density at radius 1 is 1.18 bits per heavy atom. The van der Waals surface area contributed by atoms with Crippen molar-refractivity contribution in [2.45, 2.75) is 6.92 Å². The molecule has 0 aliphatic carbocycles. The summed E-state index contributed by atoms with van der Waals surface area (Å²) in [5.41, 5.74) is 3.16. The maximum Gasteiger partial charge on any atom is 0.358 e. The molecule has 0 unspecified atom stereocenters. The Hall–Kier alpha value is -2.96. The van der Waals surface area contributed by atoms with Gasteiger partial charge in [-0.05, 0) is 25.1 Å². The van der Waals surface area contributed by atoms with Crippen molar-refractivity contribution in [2.75, 3.05) is 6.61 Å². The molecule has 5 nitrogen and oxygen atoms in total. The van der Waals surface area contributed by atoms with Gasteiger partial charge in [-0.15, -0.1) is 11.3 Å². The van der Waals surface area contributed by atoms with Gasteiger partial charge in [0.2, 0.25) is 5.78 Å². The molecule has 28 heavy (non-hydrogen) atoms. The molecule has 2 heterocycles. The predicted molar refractivity (Wildman–Crippen MR) is 110 cm³/mol. The highest BCUT2D eigenvalue weighted by molar-refractivity contribution is 7.13. The minimum atomic E-state index is -0.629. The molecule has 7 heteroatoms. The molecule has 0 fully saturated rings. The molecule has 140 valence electrons. The number of ether oxygens (including phenoxy) is 1. The van der Waals surface area contributed by atoms with E-state index in [1.54, 1.807) is 17.5 Å². The third-order valence-electron chi connectivity index (χ3n) is 4.29. The average molecular weight is 411 g/mol. The van der Waals surface area contributed by atoms with Gasteiger partial charge in [-0.25, -0.2) is 9.78 Å². The zero-order valence-electron chi connectivity index (χ0n) is 14.9. The number of hydrogen-bond donors (Lipinski definition) is 1. The Morgan fingerprint density at radius 2 is 2.00 bits per heavy atom. The summed E-state index contributed by atoms with van der Waals surface area (Å²) in [6.45, 7) is 1.48. The van der Waals surface area contributed by atoms with E-state index in [-0.39, 0.29) is 18.1 Å². The third-order valence-corrected chi connectivity index (χ3v) is 5.42. The first-order valence-corrected chi connectivity index (χ1v) is 9.78. The van der Waals surface area contributed by atoms with Crippen molar-refractivity contribution < 1.29 is 14.3 Å². The maximum absolute atomic E-state index is 12.6. The van der Waals surface area contributed by atoms with Crippen LogP contribution in [0.2, 0.25) is 5.02 Å². The predicted octanol–water partition coefficient (Wildman–Crippen LogP) is 5.29. The number of carbonyl (C=O) groups is 2. The van der Waals surface area contributed by atoms with Gasteiger partial charge >= 0.3 is 5.97 Å². The van der Waals surface area contributed by atoms with Crippen molar-refractivity contribution >= 4 is 45.6 Å². The molecule has 0 saturated carbocycles. The number of aromatic nitrogens is 2. The largest absolute Gasteiger partial charge is 0.453 e. The summed E-state index contributed by atoms with van der Waals surface area (Å²) in [5, 5.41) is 3.68. The lowest BCUT2D eigenvalue weighted by Crippen LogP contribution is -2.15. The zero-order valence-corrected chi connectivity index (χ0v) is 16.4. The quantitative estimate of drug-likeness (QED) is 0.358. The van der Waals surface area contributed by atoms with Gasteiger partial charge in [-0.2, -0.15) is 0 Å². The number of benzene rings is 2. The highest BCUT2D eigenvalue weighted by Gasteiger charge is 2.19. The summed E-state index contributed by atoms with van der Waals surface area (Å²) in [6.07, 6.45) is 0. The SMILES string of the molecule is Cc1[nH]c2ccccc2c1C(=O)COC(=O)c1csc(-c2cccc(Cl)c2)n1. The molecule has 0 bridgehead atoms. The second-order valence-electron chi connectivity index (χ2n) is 6.22. The molecule has 1 N–H and O–H groups in total. The van der Waals surface area contributed by atoms with Gasteiger partial charge < -0.3 is 9.72 Å². The number of esters is 1. The Balaban J connectivity index is 1.47. The van der Waals surface area contributed by atoms with Gasteiger partial charge in [-0.1, -0.05) is 41.9 Å². The van der Waals surface area contributed by atoms with E-state index in [1.807, 2.05) is 43.3 Å². The van der Waals surface area contributed by atoms with Crippen LogP contribution in [-0.2, 0) is 4.74 Å². The molecule has 0 saturated heterocycles. The number of halogens is 1. The van der Waals surface area contributed by atoms with Gasteiger partial charge in [0.25, 0.3) is 0 Å². The van der Waals surface area contributed by atoms with Crippen LogP contribution in [0.5, 0.6) is 0 Å². The number of hydrogen-bond acceptors (Lipinski definition) is 5. The number of ketones is 1.